The van der Waals surface area contributed by atoms with Gasteiger partial charge in [0.2, 0.25) is 5.91 Å². The van der Waals surface area contributed by atoms with Crippen LogP contribution in [0.4, 0.5) is 0 Å². The Hall–Kier alpha value is -3.13. The van der Waals surface area contributed by atoms with Gasteiger partial charge in [0, 0.05) is 0 Å². The lowest BCUT2D eigenvalue weighted by Crippen LogP contribution is -2.26. The highest BCUT2D eigenvalue weighted by Gasteiger charge is 2.32. The number of benzene rings is 2. The average molecular weight is 383 g/mol. The molecular weight excluding hydrogens is 366 g/mol. The molecule has 0 bridgehead atoms. The summed E-state index contributed by atoms with van der Waals surface area (Å²) in [6.07, 6.45) is 1.33. The second-order valence-electron chi connectivity index (χ2n) is 5.70. The van der Waals surface area contributed by atoms with Gasteiger partial charge in [0.1, 0.15) is 11.0 Å². The Balaban J connectivity index is 1.69. The van der Waals surface area contributed by atoms with Crippen LogP contribution in [0.1, 0.15) is 12.0 Å². The molecular formula is C19H17N3O4S. The molecule has 1 unspecified atom stereocenters. The summed E-state index contributed by atoms with van der Waals surface area (Å²) in [5, 5.41) is 18.9. The van der Waals surface area contributed by atoms with Crippen LogP contribution in [0, 0.1) is 0 Å². The molecule has 138 valence electrons. The van der Waals surface area contributed by atoms with Gasteiger partial charge in [-0.2, -0.15) is 5.10 Å². The molecule has 3 rings (SSSR count). The van der Waals surface area contributed by atoms with Crippen molar-refractivity contribution in [3.63, 3.8) is 0 Å². The number of carbonyl (C=O) groups is 2. The molecule has 1 amide bonds. The number of methoxy groups -OCH3 is 1. The van der Waals surface area contributed by atoms with Crippen LogP contribution in [0.5, 0.6) is 5.75 Å². The number of carbonyl (C=O) groups excluding carboxylic acids is 1. The lowest BCUT2D eigenvalue weighted by molar-refractivity contribution is -0.138. The van der Waals surface area contributed by atoms with E-state index in [9.17, 15) is 9.59 Å². The molecule has 2 N–H and O–H groups in total. The highest BCUT2D eigenvalue weighted by molar-refractivity contribution is 8.15. The lowest BCUT2D eigenvalue weighted by atomic mass is 10.0. The van der Waals surface area contributed by atoms with Crippen LogP contribution < -0.4 is 10.1 Å². The fraction of sp³-hybridized carbons (Fsp3) is 0.158. The Morgan fingerprint density at radius 2 is 2.04 bits per heavy atom. The van der Waals surface area contributed by atoms with E-state index in [1.54, 1.807) is 13.3 Å². The maximum absolute atomic E-state index is 11.7. The Morgan fingerprint density at radius 1 is 1.26 bits per heavy atom. The van der Waals surface area contributed by atoms with Gasteiger partial charge in [-0.1, -0.05) is 42.1 Å². The first-order valence-corrected chi connectivity index (χ1v) is 8.98. The SMILES string of the molecule is COc1ccc(-c2cccc(C=NN=C3NC(=O)C(CC(=O)O)S3)c2)cc1. The standard InChI is InChI=1S/C19H17N3O4S/c1-26-15-7-5-13(6-8-15)14-4-2-3-12(9-14)11-20-22-19-21-18(25)16(27-19)10-17(23)24/h2-9,11,16H,10H2,1H3,(H,23,24)(H,21,22,25). The molecule has 2 aromatic rings. The van der Waals surface area contributed by atoms with Crippen molar-refractivity contribution in [1.82, 2.24) is 5.32 Å². The molecule has 27 heavy (non-hydrogen) atoms. The number of rotatable bonds is 6. The van der Waals surface area contributed by atoms with E-state index in [2.05, 4.69) is 15.5 Å². The number of nitrogens with zero attached hydrogens (tertiary/aromatic N) is 2. The normalized spacial score (nSPS) is 18.0. The first-order chi connectivity index (χ1) is 13.0. The number of amides is 1. The van der Waals surface area contributed by atoms with Gasteiger partial charge in [0.25, 0.3) is 0 Å². The van der Waals surface area contributed by atoms with Crippen LogP contribution in [0.2, 0.25) is 0 Å². The van der Waals surface area contributed by atoms with E-state index < -0.39 is 11.2 Å². The van der Waals surface area contributed by atoms with Gasteiger partial charge >= 0.3 is 5.97 Å². The minimum Gasteiger partial charge on any atom is -0.497 e. The lowest BCUT2D eigenvalue weighted by Gasteiger charge is -2.04. The fourth-order valence-electron chi connectivity index (χ4n) is 2.48. The zero-order valence-corrected chi connectivity index (χ0v) is 15.3. The Kier molecular flexibility index (Phi) is 5.87. The second-order valence-corrected chi connectivity index (χ2v) is 6.89. The van der Waals surface area contributed by atoms with Crippen molar-refractivity contribution in [2.24, 2.45) is 10.2 Å². The van der Waals surface area contributed by atoms with E-state index in [-0.39, 0.29) is 12.3 Å². The van der Waals surface area contributed by atoms with Crippen LogP contribution in [0.25, 0.3) is 11.1 Å². The summed E-state index contributed by atoms with van der Waals surface area (Å²) in [6.45, 7) is 0. The predicted octanol–water partition coefficient (Wildman–Crippen LogP) is 2.76. The van der Waals surface area contributed by atoms with Crippen molar-refractivity contribution < 1.29 is 19.4 Å². The van der Waals surface area contributed by atoms with Crippen LogP contribution >= 0.6 is 11.8 Å². The van der Waals surface area contributed by atoms with Gasteiger partial charge in [-0.25, -0.2) is 0 Å². The zero-order chi connectivity index (χ0) is 19.2. The second kappa shape index (κ2) is 8.50. The zero-order valence-electron chi connectivity index (χ0n) is 14.5. The Bertz CT molecular complexity index is 909. The predicted molar refractivity (Wildman–Crippen MR) is 105 cm³/mol. The third kappa shape index (κ3) is 4.95. The molecule has 0 spiro atoms. The van der Waals surface area contributed by atoms with Crippen LogP contribution in [0.15, 0.2) is 58.7 Å². The molecule has 2 aromatic carbocycles. The maximum Gasteiger partial charge on any atom is 0.305 e. The number of nitrogens with one attached hydrogen (secondary N) is 1. The molecule has 1 atom stereocenters. The summed E-state index contributed by atoms with van der Waals surface area (Å²) in [5.74, 6) is -0.592. The molecule has 0 radical (unpaired) electrons. The highest BCUT2D eigenvalue weighted by atomic mass is 32.2. The molecule has 8 heteroatoms. The third-order valence-electron chi connectivity index (χ3n) is 3.80. The number of amidine groups is 1. The summed E-state index contributed by atoms with van der Waals surface area (Å²) in [4.78, 5) is 22.4. The maximum atomic E-state index is 11.7. The average Bonchev–Trinajstić information content (AvgIpc) is 3.01. The first-order valence-electron chi connectivity index (χ1n) is 8.10. The Labute approximate surface area is 160 Å². The largest absolute Gasteiger partial charge is 0.497 e. The minimum atomic E-state index is -1.03. The molecule has 1 fully saturated rings. The van der Waals surface area contributed by atoms with Gasteiger partial charge in [0.05, 0.1) is 19.7 Å². The minimum absolute atomic E-state index is 0.247. The summed E-state index contributed by atoms with van der Waals surface area (Å²) >= 11 is 1.07. The first kappa shape index (κ1) is 18.7. The van der Waals surface area contributed by atoms with E-state index in [0.29, 0.717) is 5.17 Å². The number of ether oxygens (including phenoxy) is 1. The number of thioether (sulfide) groups is 1. The molecule has 0 aliphatic carbocycles. The van der Waals surface area contributed by atoms with E-state index in [1.165, 1.54) is 0 Å². The van der Waals surface area contributed by atoms with Crippen molar-refractivity contribution in [3.05, 3.63) is 54.1 Å². The van der Waals surface area contributed by atoms with Gasteiger partial charge < -0.3 is 15.2 Å². The number of carboxylic acids is 1. The van der Waals surface area contributed by atoms with E-state index >= 15 is 0 Å². The molecule has 0 saturated carbocycles. The molecule has 0 aromatic heterocycles. The van der Waals surface area contributed by atoms with Crippen molar-refractivity contribution >= 4 is 35.0 Å². The van der Waals surface area contributed by atoms with Crippen molar-refractivity contribution in [1.29, 1.82) is 0 Å². The van der Waals surface area contributed by atoms with Crippen LogP contribution in [-0.2, 0) is 9.59 Å². The third-order valence-corrected chi connectivity index (χ3v) is 4.87. The van der Waals surface area contributed by atoms with Gasteiger partial charge in [-0.3, -0.25) is 9.59 Å². The molecule has 1 saturated heterocycles. The highest BCUT2D eigenvalue weighted by Crippen LogP contribution is 2.24. The summed E-state index contributed by atoms with van der Waals surface area (Å²) in [5.41, 5.74) is 2.93. The van der Waals surface area contributed by atoms with Crippen molar-refractivity contribution in [2.45, 2.75) is 11.7 Å². The summed E-state index contributed by atoms with van der Waals surface area (Å²) in [7, 11) is 1.63. The number of carboxylic acid groups (broad SMARTS) is 1. The summed E-state index contributed by atoms with van der Waals surface area (Å²) in [6, 6.07) is 15.5. The van der Waals surface area contributed by atoms with E-state index in [4.69, 9.17) is 9.84 Å². The number of hydrogen-bond acceptors (Lipinski definition) is 6. The van der Waals surface area contributed by atoms with Crippen molar-refractivity contribution in [2.75, 3.05) is 7.11 Å². The quantitative estimate of drug-likeness (QED) is 0.590. The number of hydrogen-bond donors (Lipinski definition) is 2. The van der Waals surface area contributed by atoms with Crippen molar-refractivity contribution in [3.8, 4) is 16.9 Å². The molecule has 7 nitrogen and oxygen atoms in total. The monoisotopic (exact) mass is 383 g/mol. The van der Waals surface area contributed by atoms with Gasteiger partial charge in [-0.05, 0) is 34.9 Å². The van der Waals surface area contributed by atoms with E-state index in [1.807, 2.05) is 48.5 Å². The van der Waals surface area contributed by atoms with Crippen LogP contribution in [0.3, 0.4) is 0 Å². The molecule has 1 heterocycles. The summed E-state index contributed by atoms with van der Waals surface area (Å²) < 4.78 is 5.17. The molecule has 1 aliphatic rings. The van der Waals surface area contributed by atoms with Crippen LogP contribution in [-0.4, -0.2) is 40.7 Å². The Morgan fingerprint density at radius 3 is 2.74 bits per heavy atom. The fourth-order valence-corrected chi connectivity index (χ4v) is 3.39. The topological polar surface area (TPSA) is 100 Å². The van der Waals surface area contributed by atoms with Gasteiger partial charge in [0.15, 0.2) is 5.17 Å². The van der Waals surface area contributed by atoms with E-state index in [0.717, 1.165) is 34.2 Å². The van der Waals surface area contributed by atoms with Gasteiger partial charge in [-0.15, -0.1) is 5.10 Å². The smallest absolute Gasteiger partial charge is 0.305 e. The molecule has 1 aliphatic heterocycles. The number of aliphatic carboxylic acids is 1.